The van der Waals surface area contributed by atoms with Gasteiger partial charge >= 0.3 is 11.9 Å². The number of carbonyl (C=O) groups is 3. The first-order valence-electron chi connectivity index (χ1n) is 24.8. The Balaban J connectivity index is 4.38. The highest BCUT2D eigenvalue weighted by Crippen LogP contribution is 2.18. The molecule has 0 spiro atoms. The van der Waals surface area contributed by atoms with E-state index < -0.39 is 12.0 Å². The van der Waals surface area contributed by atoms with Gasteiger partial charge in [-0.05, 0) is 129 Å². The van der Waals surface area contributed by atoms with Crippen LogP contribution in [0.15, 0.2) is 72.9 Å². The summed E-state index contributed by atoms with van der Waals surface area (Å²) < 4.78 is 6.06. The van der Waals surface area contributed by atoms with E-state index in [-0.39, 0.29) is 18.0 Å². The molecule has 0 aliphatic rings. The van der Waals surface area contributed by atoms with Gasteiger partial charge in [0.15, 0.2) is 0 Å². The summed E-state index contributed by atoms with van der Waals surface area (Å²) in [5.41, 5.74) is 5.50. The molecule has 0 aromatic carbocycles. The standard InChI is InChI=1S/C53H92N2O5/c1-3-5-7-9-11-13-15-17-19-20-21-22-24-26-28-30-32-37-41-47-52(57)60-49(43-38-34-31-29-27-25-23-18-16-14-12-10-8-6-4-2)44-39-35-33-36-40-46-51(56)55-50(53(58)59)45-42-48-54/h6,8,11-14,17-19,23,27,29,49-50H,3-5,7,9-10,15-16,20-22,24-26,28,30-48,54H2,1-2H3,(H,55,56)(H,58,59)/b8-6-,13-11-,14-12-,19-17-,23-18-,29-27-. The van der Waals surface area contributed by atoms with Gasteiger partial charge in [-0.1, -0.05) is 164 Å². The van der Waals surface area contributed by atoms with Crippen LogP contribution in [-0.4, -0.2) is 41.6 Å². The van der Waals surface area contributed by atoms with Crippen molar-refractivity contribution in [3.05, 3.63) is 72.9 Å². The van der Waals surface area contributed by atoms with E-state index in [1.54, 1.807) is 0 Å². The first-order chi connectivity index (χ1) is 29.4. The molecule has 2 unspecified atom stereocenters. The second-order valence-electron chi connectivity index (χ2n) is 16.5. The molecule has 0 aliphatic carbocycles. The van der Waals surface area contributed by atoms with Crippen molar-refractivity contribution in [3.63, 3.8) is 0 Å². The van der Waals surface area contributed by atoms with E-state index in [1.165, 1.54) is 77.0 Å². The number of hydrogen-bond acceptors (Lipinski definition) is 5. The Bertz CT molecular complexity index is 1170. The molecule has 344 valence electrons. The first kappa shape index (κ1) is 56.8. The quantitative estimate of drug-likeness (QED) is 0.0319. The third-order valence-corrected chi connectivity index (χ3v) is 10.8. The van der Waals surface area contributed by atoms with Crippen LogP contribution in [0.1, 0.15) is 226 Å². The molecule has 0 aromatic rings. The molecule has 0 aliphatic heterocycles. The van der Waals surface area contributed by atoms with Crippen molar-refractivity contribution in [3.8, 4) is 0 Å². The zero-order valence-corrected chi connectivity index (χ0v) is 38.8. The Morgan fingerprint density at radius 2 is 0.917 bits per heavy atom. The van der Waals surface area contributed by atoms with E-state index in [1.807, 2.05) is 0 Å². The van der Waals surface area contributed by atoms with Crippen molar-refractivity contribution in [2.24, 2.45) is 5.73 Å². The maximum atomic E-state index is 12.9. The van der Waals surface area contributed by atoms with Crippen LogP contribution in [0.2, 0.25) is 0 Å². The lowest BCUT2D eigenvalue weighted by Crippen LogP contribution is -2.40. The minimum Gasteiger partial charge on any atom is -0.480 e. The van der Waals surface area contributed by atoms with Gasteiger partial charge in [-0.25, -0.2) is 4.79 Å². The molecule has 0 saturated heterocycles. The number of rotatable bonds is 44. The van der Waals surface area contributed by atoms with Gasteiger partial charge < -0.3 is 20.9 Å². The summed E-state index contributed by atoms with van der Waals surface area (Å²) in [5.74, 6) is -1.27. The molecule has 0 rings (SSSR count). The highest BCUT2D eigenvalue weighted by Gasteiger charge is 2.19. The highest BCUT2D eigenvalue weighted by molar-refractivity contribution is 5.83. The van der Waals surface area contributed by atoms with Crippen LogP contribution in [0.25, 0.3) is 0 Å². The van der Waals surface area contributed by atoms with Gasteiger partial charge in [-0.2, -0.15) is 0 Å². The molecule has 1 amide bonds. The number of carboxylic acids is 1. The second kappa shape index (κ2) is 46.9. The summed E-state index contributed by atoms with van der Waals surface area (Å²) >= 11 is 0. The van der Waals surface area contributed by atoms with E-state index >= 15 is 0 Å². The molecule has 0 radical (unpaired) electrons. The second-order valence-corrected chi connectivity index (χ2v) is 16.5. The van der Waals surface area contributed by atoms with Crippen molar-refractivity contribution in [2.75, 3.05) is 6.54 Å². The smallest absolute Gasteiger partial charge is 0.326 e. The van der Waals surface area contributed by atoms with Gasteiger partial charge in [0.1, 0.15) is 12.1 Å². The van der Waals surface area contributed by atoms with Gasteiger partial charge in [0.2, 0.25) is 5.91 Å². The third-order valence-electron chi connectivity index (χ3n) is 10.8. The largest absolute Gasteiger partial charge is 0.480 e. The number of carboxylic acid groups (broad SMARTS) is 1. The molecule has 0 bridgehead atoms. The van der Waals surface area contributed by atoms with Crippen LogP contribution in [0.5, 0.6) is 0 Å². The van der Waals surface area contributed by atoms with Crippen LogP contribution in [0, 0.1) is 0 Å². The Kier molecular flexibility index (Phi) is 44.4. The zero-order valence-electron chi connectivity index (χ0n) is 38.8. The van der Waals surface area contributed by atoms with Crippen molar-refractivity contribution in [1.29, 1.82) is 0 Å². The van der Waals surface area contributed by atoms with Crippen molar-refractivity contribution in [1.82, 2.24) is 5.32 Å². The molecule has 0 fully saturated rings. The van der Waals surface area contributed by atoms with Gasteiger partial charge in [-0.3, -0.25) is 9.59 Å². The Labute approximate surface area is 369 Å². The van der Waals surface area contributed by atoms with Crippen LogP contribution < -0.4 is 11.1 Å². The lowest BCUT2D eigenvalue weighted by atomic mass is 10.0. The maximum absolute atomic E-state index is 12.9. The molecule has 0 saturated carbocycles. The van der Waals surface area contributed by atoms with Crippen LogP contribution in [-0.2, 0) is 19.1 Å². The number of allylic oxidation sites excluding steroid dienone is 12. The summed E-state index contributed by atoms with van der Waals surface area (Å²) in [6.45, 7) is 4.81. The number of nitrogens with two attached hydrogens (primary N) is 1. The van der Waals surface area contributed by atoms with Gasteiger partial charge in [0.25, 0.3) is 0 Å². The lowest BCUT2D eigenvalue weighted by molar-refractivity contribution is -0.150. The van der Waals surface area contributed by atoms with Crippen LogP contribution in [0.4, 0.5) is 0 Å². The fourth-order valence-electron chi connectivity index (χ4n) is 7.06. The molecule has 2 atom stereocenters. The van der Waals surface area contributed by atoms with E-state index in [4.69, 9.17) is 10.5 Å². The van der Waals surface area contributed by atoms with E-state index in [2.05, 4.69) is 92.1 Å². The Hall–Kier alpha value is -3.19. The van der Waals surface area contributed by atoms with E-state index in [0.717, 1.165) is 109 Å². The molecule has 60 heavy (non-hydrogen) atoms. The topological polar surface area (TPSA) is 119 Å². The fourth-order valence-corrected chi connectivity index (χ4v) is 7.06. The summed E-state index contributed by atoms with van der Waals surface area (Å²) in [6, 6.07) is -0.865. The SMILES string of the molecule is CC/C=C\C/C=C\C/C=C\C/C=C\CCCCC(CCCCCCCC(=O)NC(CCCN)C(=O)O)OC(=O)CCCCCCCCCCC/C=C\C/C=C\CCCCC. The lowest BCUT2D eigenvalue weighted by Gasteiger charge is -2.18. The minimum atomic E-state index is -1.01. The number of aliphatic carboxylic acids is 1. The predicted molar refractivity (Wildman–Crippen MR) is 257 cm³/mol. The predicted octanol–water partition coefficient (Wildman–Crippen LogP) is 14.7. The normalized spacial score (nSPS) is 13.2. The summed E-state index contributed by atoms with van der Waals surface area (Å²) in [6.07, 6.45) is 60.9. The molecule has 4 N–H and O–H groups in total. The average molecular weight is 837 g/mol. The monoisotopic (exact) mass is 837 g/mol. The van der Waals surface area contributed by atoms with Gasteiger partial charge in [0, 0.05) is 12.8 Å². The van der Waals surface area contributed by atoms with Gasteiger partial charge in [-0.15, -0.1) is 0 Å². The minimum absolute atomic E-state index is 0.0326. The van der Waals surface area contributed by atoms with Crippen LogP contribution >= 0.6 is 0 Å². The number of nitrogens with one attached hydrogen (secondary N) is 1. The molecular formula is C53H92N2O5. The summed E-state index contributed by atoms with van der Waals surface area (Å²) in [4.78, 5) is 36.5. The average Bonchev–Trinajstić information content (AvgIpc) is 3.23. The van der Waals surface area contributed by atoms with E-state index in [9.17, 15) is 19.5 Å². The van der Waals surface area contributed by atoms with Crippen molar-refractivity contribution >= 4 is 17.8 Å². The zero-order chi connectivity index (χ0) is 43.8. The Morgan fingerprint density at radius 1 is 0.500 bits per heavy atom. The third kappa shape index (κ3) is 42.9. The molecule has 0 aromatic heterocycles. The molecule has 7 nitrogen and oxygen atoms in total. The van der Waals surface area contributed by atoms with Gasteiger partial charge in [0.05, 0.1) is 0 Å². The van der Waals surface area contributed by atoms with E-state index in [0.29, 0.717) is 32.2 Å². The molecule has 0 heterocycles. The number of esters is 1. The number of unbranched alkanes of at least 4 members (excludes halogenated alkanes) is 18. The summed E-state index contributed by atoms with van der Waals surface area (Å²) in [7, 11) is 0. The molecule has 7 heteroatoms. The molecular weight excluding hydrogens is 745 g/mol. The first-order valence-corrected chi connectivity index (χ1v) is 24.8. The van der Waals surface area contributed by atoms with Crippen LogP contribution in [0.3, 0.4) is 0 Å². The fraction of sp³-hybridized carbons (Fsp3) is 0.717. The highest BCUT2D eigenvalue weighted by atomic mass is 16.5. The summed E-state index contributed by atoms with van der Waals surface area (Å²) in [5, 5.41) is 12.0. The number of ether oxygens (including phenoxy) is 1. The number of amides is 1. The van der Waals surface area contributed by atoms with Crippen molar-refractivity contribution in [2.45, 2.75) is 238 Å². The number of carbonyl (C=O) groups excluding carboxylic acids is 2. The maximum Gasteiger partial charge on any atom is 0.326 e. The Morgan fingerprint density at radius 3 is 1.42 bits per heavy atom. The van der Waals surface area contributed by atoms with Crippen molar-refractivity contribution < 1.29 is 24.2 Å². The number of hydrogen-bond donors (Lipinski definition) is 3.